The minimum atomic E-state index is -0.272. The van der Waals surface area contributed by atoms with Gasteiger partial charge in [0.05, 0.1) is 24.5 Å². The first kappa shape index (κ1) is 17.7. The highest BCUT2D eigenvalue weighted by Gasteiger charge is 2.32. The molecule has 1 aliphatic heterocycles. The molecule has 0 amide bonds. The molecule has 1 aromatic rings. The van der Waals surface area contributed by atoms with Crippen LogP contribution in [-0.2, 0) is 28.9 Å². The molecule has 0 N–H and O–H groups in total. The molecule has 0 saturated carbocycles. The maximum Gasteiger partial charge on any atom is 0.232 e. The molecule has 5 nitrogen and oxygen atoms in total. The molecule has 0 spiro atoms. The van der Waals surface area contributed by atoms with Crippen molar-refractivity contribution in [1.29, 1.82) is 5.26 Å². The van der Waals surface area contributed by atoms with E-state index in [4.69, 9.17) is 14.2 Å². The summed E-state index contributed by atoms with van der Waals surface area (Å²) < 4.78 is 16.7. The summed E-state index contributed by atoms with van der Waals surface area (Å²) in [6.07, 6.45) is 3.75. The van der Waals surface area contributed by atoms with E-state index in [0.717, 1.165) is 36.1 Å². The van der Waals surface area contributed by atoms with E-state index in [2.05, 4.69) is 31.8 Å². The third kappa shape index (κ3) is 4.21. The molecule has 23 heavy (non-hydrogen) atoms. The average molecular weight is 318 g/mol. The highest BCUT2D eigenvalue weighted by atomic mass is 16.5. The number of nitriles is 1. The van der Waals surface area contributed by atoms with E-state index >= 15 is 0 Å². The number of rotatable bonds is 7. The SMILES string of the molecule is CCCCc1nc(OCCOC)c(C#N)c2c1COC(C)(C)C2. The molecule has 0 aliphatic carbocycles. The lowest BCUT2D eigenvalue weighted by Gasteiger charge is -2.33. The third-order valence-corrected chi connectivity index (χ3v) is 4.08. The van der Waals surface area contributed by atoms with Crippen LogP contribution in [0.1, 0.15) is 56.0 Å². The number of fused-ring (bicyclic) bond motifs is 1. The molecular formula is C18H26N2O3. The van der Waals surface area contributed by atoms with Gasteiger partial charge < -0.3 is 14.2 Å². The minimum Gasteiger partial charge on any atom is -0.474 e. The van der Waals surface area contributed by atoms with Gasteiger partial charge in [0.15, 0.2) is 0 Å². The summed E-state index contributed by atoms with van der Waals surface area (Å²) in [5, 5.41) is 9.63. The Morgan fingerprint density at radius 1 is 1.30 bits per heavy atom. The first-order valence-electron chi connectivity index (χ1n) is 8.22. The Kier molecular flexibility index (Phi) is 5.97. The van der Waals surface area contributed by atoms with E-state index < -0.39 is 0 Å². The normalized spacial score (nSPS) is 15.8. The summed E-state index contributed by atoms with van der Waals surface area (Å²) in [6.45, 7) is 7.64. The van der Waals surface area contributed by atoms with E-state index in [9.17, 15) is 5.26 Å². The second-order valence-electron chi connectivity index (χ2n) is 6.48. The first-order valence-corrected chi connectivity index (χ1v) is 8.22. The molecule has 1 aromatic heterocycles. The van der Waals surface area contributed by atoms with Crippen LogP contribution in [0.5, 0.6) is 5.88 Å². The van der Waals surface area contributed by atoms with Crippen LogP contribution in [0.4, 0.5) is 0 Å². The van der Waals surface area contributed by atoms with Crippen LogP contribution in [0.25, 0.3) is 0 Å². The van der Waals surface area contributed by atoms with E-state index in [1.165, 1.54) is 0 Å². The second kappa shape index (κ2) is 7.76. The number of ether oxygens (including phenoxy) is 3. The molecule has 0 saturated heterocycles. The summed E-state index contributed by atoms with van der Waals surface area (Å²) >= 11 is 0. The van der Waals surface area contributed by atoms with Crippen molar-refractivity contribution in [3.63, 3.8) is 0 Å². The molecule has 0 bridgehead atoms. The van der Waals surface area contributed by atoms with Crippen molar-refractivity contribution >= 4 is 0 Å². The molecule has 0 fully saturated rings. The van der Waals surface area contributed by atoms with Crippen molar-refractivity contribution < 1.29 is 14.2 Å². The number of nitrogens with zero attached hydrogens (tertiary/aromatic N) is 2. The molecule has 0 atom stereocenters. The van der Waals surface area contributed by atoms with E-state index in [0.29, 0.717) is 37.7 Å². The van der Waals surface area contributed by atoms with Crippen LogP contribution in [0, 0.1) is 11.3 Å². The summed E-state index contributed by atoms with van der Waals surface area (Å²) in [4.78, 5) is 4.63. The van der Waals surface area contributed by atoms with Crippen LogP contribution in [-0.4, -0.2) is 30.9 Å². The maximum absolute atomic E-state index is 9.63. The number of pyridine rings is 1. The average Bonchev–Trinajstić information content (AvgIpc) is 2.51. The van der Waals surface area contributed by atoms with Crippen LogP contribution < -0.4 is 4.74 Å². The Labute approximate surface area is 138 Å². The summed E-state index contributed by atoms with van der Waals surface area (Å²) in [6, 6.07) is 2.29. The zero-order valence-corrected chi connectivity index (χ0v) is 14.6. The molecule has 0 aromatic carbocycles. The van der Waals surface area contributed by atoms with Crippen LogP contribution in [0.3, 0.4) is 0 Å². The lowest BCUT2D eigenvalue weighted by Crippen LogP contribution is -2.33. The zero-order valence-electron chi connectivity index (χ0n) is 14.6. The Bertz CT molecular complexity index is 591. The van der Waals surface area contributed by atoms with Gasteiger partial charge in [-0.3, -0.25) is 0 Å². The minimum absolute atomic E-state index is 0.272. The number of aryl methyl sites for hydroxylation is 1. The van der Waals surface area contributed by atoms with E-state index in [-0.39, 0.29) is 5.60 Å². The smallest absolute Gasteiger partial charge is 0.232 e. The standard InChI is InChI=1S/C18H26N2O3/c1-5-6-7-16-15-12-23-18(2,3)10-13(15)14(11-19)17(20-16)22-9-8-21-4/h5-10,12H2,1-4H3. The number of unbranched alkanes of at least 4 members (excludes halogenated alkanes) is 1. The van der Waals surface area contributed by atoms with Gasteiger partial charge in [-0.1, -0.05) is 13.3 Å². The molecule has 5 heteroatoms. The largest absolute Gasteiger partial charge is 0.474 e. The van der Waals surface area contributed by atoms with E-state index in [1.807, 2.05) is 0 Å². The van der Waals surface area contributed by atoms with Gasteiger partial charge in [0.25, 0.3) is 0 Å². The predicted molar refractivity (Wildman–Crippen MR) is 87.5 cm³/mol. The molecule has 1 aliphatic rings. The lowest BCUT2D eigenvalue weighted by atomic mass is 9.87. The Morgan fingerprint density at radius 2 is 2.09 bits per heavy atom. The van der Waals surface area contributed by atoms with Gasteiger partial charge >= 0.3 is 0 Å². The fourth-order valence-electron chi connectivity index (χ4n) is 2.80. The predicted octanol–water partition coefficient (Wildman–Crippen LogP) is 3.17. The second-order valence-corrected chi connectivity index (χ2v) is 6.48. The molecule has 0 radical (unpaired) electrons. The van der Waals surface area contributed by atoms with Crippen LogP contribution >= 0.6 is 0 Å². The molecular weight excluding hydrogens is 292 g/mol. The fraction of sp³-hybridized carbons (Fsp3) is 0.667. The molecule has 126 valence electrons. The van der Waals surface area contributed by atoms with Crippen molar-refractivity contribution in [2.45, 2.75) is 58.7 Å². The molecule has 2 heterocycles. The van der Waals surface area contributed by atoms with Crippen molar-refractivity contribution in [3.05, 3.63) is 22.4 Å². The third-order valence-electron chi connectivity index (χ3n) is 4.08. The van der Waals surface area contributed by atoms with Gasteiger partial charge in [-0.05, 0) is 32.3 Å². The number of hydrogen-bond donors (Lipinski definition) is 0. The van der Waals surface area contributed by atoms with Crippen molar-refractivity contribution in [3.8, 4) is 11.9 Å². The Hall–Kier alpha value is -1.64. The van der Waals surface area contributed by atoms with E-state index in [1.54, 1.807) is 7.11 Å². The van der Waals surface area contributed by atoms with Crippen LogP contribution in [0.15, 0.2) is 0 Å². The van der Waals surface area contributed by atoms with Gasteiger partial charge in [-0.15, -0.1) is 0 Å². The Balaban J connectivity index is 2.44. The Morgan fingerprint density at radius 3 is 2.74 bits per heavy atom. The molecule has 2 rings (SSSR count). The lowest BCUT2D eigenvalue weighted by molar-refractivity contribution is -0.0408. The van der Waals surface area contributed by atoms with Gasteiger partial charge in [-0.25, -0.2) is 4.98 Å². The fourth-order valence-corrected chi connectivity index (χ4v) is 2.80. The van der Waals surface area contributed by atoms with Gasteiger partial charge in [0.1, 0.15) is 18.2 Å². The van der Waals surface area contributed by atoms with Crippen molar-refractivity contribution in [2.75, 3.05) is 20.3 Å². The van der Waals surface area contributed by atoms with Gasteiger partial charge in [0, 0.05) is 19.1 Å². The first-order chi connectivity index (χ1) is 11.0. The van der Waals surface area contributed by atoms with Crippen molar-refractivity contribution in [1.82, 2.24) is 4.98 Å². The number of aromatic nitrogens is 1. The summed E-state index contributed by atoms with van der Waals surface area (Å²) in [5.41, 5.74) is 3.40. The number of hydrogen-bond acceptors (Lipinski definition) is 5. The molecule has 0 unspecified atom stereocenters. The summed E-state index contributed by atoms with van der Waals surface area (Å²) in [7, 11) is 1.63. The monoisotopic (exact) mass is 318 g/mol. The number of methoxy groups -OCH3 is 1. The van der Waals surface area contributed by atoms with Gasteiger partial charge in [0.2, 0.25) is 5.88 Å². The van der Waals surface area contributed by atoms with Crippen molar-refractivity contribution in [2.24, 2.45) is 0 Å². The topological polar surface area (TPSA) is 64.4 Å². The summed E-state index contributed by atoms with van der Waals surface area (Å²) in [5.74, 6) is 0.437. The highest BCUT2D eigenvalue weighted by molar-refractivity contribution is 5.52. The highest BCUT2D eigenvalue weighted by Crippen LogP contribution is 2.35. The van der Waals surface area contributed by atoms with Crippen LogP contribution in [0.2, 0.25) is 0 Å². The quantitative estimate of drug-likeness (QED) is 0.723. The maximum atomic E-state index is 9.63. The zero-order chi connectivity index (χ0) is 16.9. The van der Waals surface area contributed by atoms with Gasteiger partial charge in [-0.2, -0.15) is 5.26 Å².